The van der Waals surface area contributed by atoms with Gasteiger partial charge in [0.1, 0.15) is 16.7 Å². The van der Waals surface area contributed by atoms with E-state index in [1.807, 2.05) is 42.5 Å². The summed E-state index contributed by atoms with van der Waals surface area (Å²) in [4.78, 5) is 29.5. The maximum Gasteiger partial charge on any atom is 0.266 e. The molecule has 0 spiro atoms. The number of rotatable bonds is 6. The molecule has 0 aromatic heterocycles. The predicted octanol–water partition coefficient (Wildman–Crippen LogP) is 2.63. The van der Waals surface area contributed by atoms with Crippen molar-refractivity contribution in [2.45, 2.75) is 6.54 Å². The molecule has 1 N–H and O–H groups in total. The maximum atomic E-state index is 12.9. The highest BCUT2D eigenvalue weighted by Crippen LogP contribution is 2.36. The number of hydrogen-bond donors (Lipinski definition) is 1. The van der Waals surface area contributed by atoms with Gasteiger partial charge in [0, 0.05) is 31.7 Å². The first kappa shape index (κ1) is 22.7. The highest BCUT2D eigenvalue weighted by Gasteiger charge is 2.32. The van der Waals surface area contributed by atoms with Crippen molar-refractivity contribution in [3.8, 4) is 17.2 Å². The fourth-order valence-corrected chi connectivity index (χ4v) is 5.24. The number of carbonyl (C=O) groups is 2. The zero-order chi connectivity index (χ0) is 23.5. The molecule has 3 heterocycles. The van der Waals surface area contributed by atoms with Gasteiger partial charge in [-0.2, -0.15) is 0 Å². The number of hydrogen-bond acceptors (Lipinski definition) is 8. The Balaban J connectivity index is 1.12. The fourth-order valence-electron chi connectivity index (χ4n) is 3.93. The number of nitrogens with zero attached hydrogens (tertiary/aromatic N) is 2. The van der Waals surface area contributed by atoms with E-state index in [2.05, 4.69) is 10.2 Å². The highest BCUT2D eigenvalue weighted by molar-refractivity contribution is 8.26. The lowest BCUT2D eigenvalue weighted by atomic mass is 10.2. The van der Waals surface area contributed by atoms with E-state index in [0.29, 0.717) is 53.5 Å². The third kappa shape index (κ3) is 5.03. The molecule has 5 rings (SSSR count). The van der Waals surface area contributed by atoms with Crippen LogP contribution in [0.15, 0.2) is 47.4 Å². The number of benzene rings is 2. The molecule has 2 aromatic rings. The number of para-hydroxylation sites is 1. The van der Waals surface area contributed by atoms with Gasteiger partial charge in [-0.05, 0) is 29.8 Å². The molecule has 0 bridgehead atoms. The highest BCUT2D eigenvalue weighted by atomic mass is 32.2. The van der Waals surface area contributed by atoms with E-state index in [4.69, 9.17) is 26.4 Å². The van der Waals surface area contributed by atoms with Crippen LogP contribution in [0.3, 0.4) is 0 Å². The van der Waals surface area contributed by atoms with Crippen molar-refractivity contribution in [3.05, 3.63) is 58.5 Å². The first-order valence-electron chi connectivity index (χ1n) is 10.9. The zero-order valence-corrected chi connectivity index (χ0v) is 20.0. The number of nitrogens with one attached hydrogen (secondary N) is 1. The third-order valence-electron chi connectivity index (χ3n) is 5.62. The Morgan fingerprint density at radius 3 is 2.88 bits per heavy atom. The van der Waals surface area contributed by atoms with Gasteiger partial charge < -0.3 is 19.5 Å². The lowest BCUT2D eigenvalue weighted by molar-refractivity contribution is -0.124. The Bertz CT molecular complexity index is 1170. The SMILES string of the molecule is O=C(CN1CCOc2ccccc2C1)NCCN1C(=O)/C(=C/c2ccc3c(c2)OCO3)SC1=S. The van der Waals surface area contributed by atoms with Crippen molar-refractivity contribution in [1.82, 2.24) is 15.1 Å². The van der Waals surface area contributed by atoms with Gasteiger partial charge in [0.05, 0.1) is 11.4 Å². The van der Waals surface area contributed by atoms with E-state index in [0.717, 1.165) is 16.9 Å². The first-order valence-corrected chi connectivity index (χ1v) is 12.1. The van der Waals surface area contributed by atoms with E-state index in [-0.39, 0.29) is 25.2 Å². The summed E-state index contributed by atoms with van der Waals surface area (Å²) in [6, 6.07) is 13.4. The first-order chi connectivity index (χ1) is 16.6. The lowest BCUT2D eigenvalue weighted by Crippen LogP contribution is -2.42. The minimum absolute atomic E-state index is 0.0966. The molecule has 0 saturated carbocycles. The quantitative estimate of drug-likeness (QED) is 0.482. The Kier molecular flexibility index (Phi) is 6.70. The molecule has 1 saturated heterocycles. The normalized spacial score (nSPS) is 18.6. The molecule has 0 aliphatic carbocycles. The Labute approximate surface area is 206 Å². The molecule has 1 fully saturated rings. The van der Waals surface area contributed by atoms with Crippen molar-refractivity contribution in [1.29, 1.82) is 0 Å². The van der Waals surface area contributed by atoms with Gasteiger partial charge in [-0.3, -0.25) is 19.4 Å². The van der Waals surface area contributed by atoms with Crippen molar-refractivity contribution in [3.63, 3.8) is 0 Å². The van der Waals surface area contributed by atoms with E-state index < -0.39 is 0 Å². The van der Waals surface area contributed by atoms with Crippen LogP contribution >= 0.6 is 24.0 Å². The minimum Gasteiger partial charge on any atom is -0.492 e. The van der Waals surface area contributed by atoms with Crippen LogP contribution in [0.2, 0.25) is 0 Å². The molecular formula is C24H23N3O5S2. The fraction of sp³-hybridized carbons (Fsp3) is 0.292. The summed E-state index contributed by atoms with van der Waals surface area (Å²) in [5.74, 6) is 1.96. The standard InChI is InChI=1S/C24H23N3O5S2/c28-22(14-26-9-10-30-18-4-2-1-3-17(18)13-26)25-7-8-27-23(29)21(34-24(27)33)12-16-5-6-19-20(11-16)32-15-31-19/h1-6,11-12H,7-10,13-15H2,(H,25,28)/b21-12-. The number of amides is 2. The van der Waals surface area contributed by atoms with Crippen LogP contribution in [0.25, 0.3) is 6.08 Å². The van der Waals surface area contributed by atoms with Gasteiger partial charge in [-0.15, -0.1) is 0 Å². The number of thioether (sulfide) groups is 1. The van der Waals surface area contributed by atoms with Gasteiger partial charge in [0.2, 0.25) is 12.7 Å². The average molecular weight is 498 g/mol. The van der Waals surface area contributed by atoms with Gasteiger partial charge in [-0.1, -0.05) is 48.2 Å². The van der Waals surface area contributed by atoms with Crippen molar-refractivity contribution < 1.29 is 23.8 Å². The second kappa shape index (κ2) is 10.0. The summed E-state index contributed by atoms with van der Waals surface area (Å²) in [5.41, 5.74) is 1.90. The number of carbonyl (C=O) groups excluding carboxylic acids is 2. The molecule has 2 aromatic carbocycles. The number of ether oxygens (including phenoxy) is 3. The van der Waals surface area contributed by atoms with E-state index in [1.54, 1.807) is 6.08 Å². The Morgan fingerprint density at radius 1 is 1.12 bits per heavy atom. The Hall–Kier alpha value is -3.08. The molecule has 0 radical (unpaired) electrons. The molecule has 0 atom stereocenters. The average Bonchev–Trinajstić information content (AvgIpc) is 3.32. The third-order valence-corrected chi connectivity index (χ3v) is 7.00. The second-order valence-electron chi connectivity index (χ2n) is 7.96. The second-order valence-corrected chi connectivity index (χ2v) is 9.64. The zero-order valence-electron chi connectivity index (χ0n) is 18.3. The molecule has 8 nitrogen and oxygen atoms in total. The van der Waals surface area contributed by atoms with Crippen molar-refractivity contribution >= 4 is 46.2 Å². The smallest absolute Gasteiger partial charge is 0.266 e. The number of fused-ring (bicyclic) bond motifs is 2. The van der Waals surface area contributed by atoms with Gasteiger partial charge in [-0.25, -0.2) is 0 Å². The van der Waals surface area contributed by atoms with Gasteiger partial charge in [0.25, 0.3) is 5.91 Å². The largest absolute Gasteiger partial charge is 0.492 e. The summed E-state index contributed by atoms with van der Waals surface area (Å²) < 4.78 is 17.0. The van der Waals surface area contributed by atoms with Crippen LogP contribution in [0.1, 0.15) is 11.1 Å². The van der Waals surface area contributed by atoms with Crippen LogP contribution in [0.4, 0.5) is 0 Å². The monoisotopic (exact) mass is 497 g/mol. The summed E-state index contributed by atoms with van der Waals surface area (Å²) in [5, 5.41) is 2.90. The topological polar surface area (TPSA) is 80.3 Å². The minimum atomic E-state index is -0.164. The number of thiocarbonyl (C=S) groups is 1. The van der Waals surface area contributed by atoms with Crippen LogP contribution in [0, 0.1) is 0 Å². The molecule has 2 amide bonds. The summed E-state index contributed by atoms with van der Waals surface area (Å²) in [6.07, 6.45) is 1.79. The van der Waals surface area contributed by atoms with Gasteiger partial charge in [0.15, 0.2) is 11.5 Å². The predicted molar refractivity (Wildman–Crippen MR) is 133 cm³/mol. The van der Waals surface area contributed by atoms with E-state index >= 15 is 0 Å². The van der Waals surface area contributed by atoms with Crippen molar-refractivity contribution in [2.75, 3.05) is 39.6 Å². The van der Waals surface area contributed by atoms with Gasteiger partial charge >= 0.3 is 0 Å². The van der Waals surface area contributed by atoms with Crippen molar-refractivity contribution in [2.24, 2.45) is 0 Å². The van der Waals surface area contributed by atoms with Crippen LogP contribution in [-0.4, -0.2) is 65.5 Å². The summed E-state index contributed by atoms with van der Waals surface area (Å²) in [6.45, 7) is 2.97. The molecule has 0 unspecified atom stereocenters. The lowest BCUT2D eigenvalue weighted by Gasteiger charge is -2.19. The molecule has 3 aliphatic rings. The maximum absolute atomic E-state index is 12.9. The molecular weight excluding hydrogens is 474 g/mol. The van der Waals surface area contributed by atoms with E-state index in [1.165, 1.54) is 16.7 Å². The summed E-state index contributed by atoms with van der Waals surface area (Å²) >= 11 is 6.66. The van der Waals surface area contributed by atoms with Crippen LogP contribution in [0.5, 0.6) is 17.2 Å². The molecule has 34 heavy (non-hydrogen) atoms. The molecule has 10 heteroatoms. The van der Waals surface area contributed by atoms with E-state index in [9.17, 15) is 9.59 Å². The Morgan fingerprint density at radius 2 is 1.97 bits per heavy atom. The van der Waals surface area contributed by atoms with Crippen LogP contribution < -0.4 is 19.5 Å². The molecule has 176 valence electrons. The van der Waals surface area contributed by atoms with Crippen LogP contribution in [-0.2, 0) is 16.1 Å². The summed E-state index contributed by atoms with van der Waals surface area (Å²) in [7, 11) is 0. The molecule has 3 aliphatic heterocycles.